The van der Waals surface area contributed by atoms with Crippen LogP contribution in [0.1, 0.15) is 47.8 Å². The van der Waals surface area contributed by atoms with E-state index in [9.17, 15) is 14.4 Å². The number of benzene rings is 3. The molecule has 30 heavy (non-hydrogen) atoms. The van der Waals surface area contributed by atoms with E-state index in [0.29, 0.717) is 25.3 Å². The summed E-state index contributed by atoms with van der Waals surface area (Å²) in [5.74, 6) is -1.23. The highest BCUT2D eigenvalue weighted by Gasteiger charge is 2.27. The molecule has 3 amide bonds. The van der Waals surface area contributed by atoms with Gasteiger partial charge in [0, 0.05) is 12.1 Å². The third kappa shape index (κ3) is 4.29. The fourth-order valence-corrected chi connectivity index (χ4v) is 3.31. The monoisotopic (exact) mass is 400 g/mol. The molecule has 0 atom stereocenters. The third-order valence-electron chi connectivity index (χ3n) is 4.92. The first-order chi connectivity index (χ1) is 14.6. The van der Waals surface area contributed by atoms with E-state index in [1.165, 1.54) is 12.1 Å². The Bertz CT molecular complexity index is 1110. The van der Waals surface area contributed by atoms with Gasteiger partial charge in [0.15, 0.2) is 0 Å². The van der Waals surface area contributed by atoms with E-state index in [2.05, 4.69) is 10.6 Å². The number of carbonyl (C=O) groups excluding carboxylic acids is 3. The summed E-state index contributed by atoms with van der Waals surface area (Å²) in [6.07, 6.45) is 0. The molecule has 6 heteroatoms. The second-order valence-corrected chi connectivity index (χ2v) is 6.97. The molecule has 0 unspecified atom stereocenters. The molecule has 1 aliphatic heterocycles. The van der Waals surface area contributed by atoms with Gasteiger partial charge in [-0.3, -0.25) is 19.7 Å². The minimum absolute atomic E-state index is 0.224. The van der Waals surface area contributed by atoms with Crippen LogP contribution in [-0.4, -0.2) is 17.7 Å². The summed E-state index contributed by atoms with van der Waals surface area (Å²) in [5.41, 5.74) is 3.89. The number of rotatable bonds is 7. The average Bonchev–Trinajstić information content (AvgIpc) is 3.06. The quantitative estimate of drug-likeness (QED) is 0.597. The van der Waals surface area contributed by atoms with Crippen molar-refractivity contribution in [3.05, 3.63) is 106 Å². The molecule has 0 saturated carbocycles. The SMILES string of the molecule is O=C(NCc1ccccc1COCc1ccccc1)c1ccc2c(c1)C(=O)NC2=O. The van der Waals surface area contributed by atoms with Crippen LogP contribution < -0.4 is 10.6 Å². The topological polar surface area (TPSA) is 84.5 Å². The van der Waals surface area contributed by atoms with Crippen molar-refractivity contribution in [2.75, 3.05) is 0 Å². The second kappa shape index (κ2) is 8.71. The number of carbonyl (C=O) groups is 3. The van der Waals surface area contributed by atoms with Crippen molar-refractivity contribution >= 4 is 17.7 Å². The molecule has 3 aromatic carbocycles. The first-order valence-corrected chi connectivity index (χ1v) is 9.58. The van der Waals surface area contributed by atoms with E-state index in [1.807, 2.05) is 54.6 Å². The first-order valence-electron chi connectivity index (χ1n) is 9.58. The lowest BCUT2D eigenvalue weighted by molar-refractivity contribution is 0.0878. The first kappa shape index (κ1) is 19.5. The van der Waals surface area contributed by atoms with Crippen LogP contribution in [0, 0.1) is 0 Å². The lowest BCUT2D eigenvalue weighted by atomic mass is 10.0. The maximum absolute atomic E-state index is 12.6. The Hall–Kier alpha value is -3.77. The van der Waals surface area contributed by atoms with Gasteiger partial charge in [-0.2, -0.15) is 0 Å². The van der Waals surface area contributed by atoms with Gasteiger partial charge in [0.1, 0.15) is 0 Å². The van der Waals surface area contributed by atoms with E-state index in [0.717, 1.165) is 16.7 Å². The van der Waals surface area contributed by atoms with Crippen molar-refractivity contribution in [2.24, 2.45) is 0 Å². The molecule has 0 spiro atoms. The van der Waals surface area contributed by atoms with Gasteiger partial charge in [-0.15, -0.1) is 0 Å². The molecule has 6 nitrogen and oxygen atoms in total. The molecule has 0 saturated heterocycles. The van der Waals surface area contributed by atoms with Crippen LogP contribution in [0.5, 0.6) is 0 Å². The third-order valence-corrected chi connectivity index (χ3v) is 4.92. The number of ether oxygens (including phenoxy) is 1. The number of imide groups is 1. The van der Waals surface area contributed by atoms with Crippen molar-refractivity contribution in [1.29, 1.82) is 0 Å². The zero-order chi connectivity index (χ0) is 20.9. The molecule has 0 bridgehead atoms. The van der Waals surface area contributed by atoms with Crippen molar-refractivity contribution in [2.45, 2.75) is 19.8 Å². The van der Waals surface area contributed by atoms with Gasteiger partial charge in [0.05, 0.1) is 24.3 Å². The number of amides is 3. The Labute approximate surface area is 173 Å². The lowest BCUT2D eigenvalue weighted by Crippen LogP contribution is -2.24. The molecule has 4 rings (SSSR count). The summed E-state index contributed by atoms with van der Waals surface area (Å²) in [6.45, 7) is 1.27. The van der Waals surface area contributed by atoms with Gasteiger partial charge < -0.3 is 10.1 Å². The second-order valence-electron chi connectivity index (χ2n) is 6.97. The molecular weight excluding hydrogens is 380 g/mol. The van der Waals surface area contributed by atoms with Gasteiger partial charge in [-0.25, -0.2) is 0 Å². The maximum atomic E-state index is 12.6. The zero-order valence-corrected chi connectivity index (χ0v) is 16.2. The Morgan fingerprint density at radius 1 is 0.800 bits per heavy atom. The summed E-state index contributed by atoms with van der Waals surface area (Å²) in [7, 11) is 0. The highest BCUT2D eigenvalue weighted by Crippen LogP contribution is 2.18. The summed E-state index contributed by atoms with van der Waals surface area (Å²) >= 11 is 0. The molecule has 2 N–H and O–H groups in total. The maximum Gasteiger partial charge on any atom is 0.258 e. The fourth-order valence-electron chi connectivity index (χ4n) is 3.31. The Kier molecular flexibility index (Phi) is 5.68. The summed E-state index contributed by atoms with van der Waals surface area (Å²) in [6, 6.07) is 22.2. The van der Waals surface area contributed by atoms with Gasteiger partial charge in [0.2, 0.25) is 0 Å². The highest BCUT2D eigenvalue weighted by atomic mass is 16.5. The summed E-state index contributed by atoms with van der Waals surface area (Å²) in [5, 5.41) is 5.09. The zero-order valence-electron chi connectivity index (χ0n) is 16.2. The minimum atomic E-state index is -0.481. The molecule has 150 valence electrons. The minimum Gasteiger partial charge on any atom is -0.372 e. The van der Waals surface area contributed by atoms with E-state index in [-0.39, 0.29) is 17.0 Å². The molecule has 0 fully saturated rings. The predicted molar refractivity (Wildman–Crippen MR) is 111 cm³/mol. The Balaban J connectivity index is 1.38. The van der Waals surface area contributed by atoms with Gasteiger partial charge in [0.25, 0.3) is 17.7 Å². The smallest absolute Gasteiger partial charge is 0.258 e. The van der Waals surface area contributed by atoms with Crippen LogP contribution in [0.25, 0.3) is 0 Å². The highest BCUT2D eigenvalue weighted by molar-refractivity contribution is 6.22. The van der Waals surface area contributed by atoms with Crippen LogP contribution >= 0.6 is 0 Å². The molecule has 0 radical (unpaired) electrons. The normalized spacial score (nSPS) is 12.4. The van der Waals surface area contributed by atoms with Crippen LogP contribution in [0.4, 0.5) is 0 Å². The van der Waals surface area contributed by atoms with E-state index in [4.69, 9.17) is 4.74 Å². The summed E-state index contributed by atoms with van der Waals surface area (Å²) in [4.78, 5) is 36.0. The van der Waals surface area contributed by atoms with E-state index < -0.39 is 11.8 Å². The number of hydrogen-bond donors (Lipinski definition) is 2. The standard InChI is InChI=1S/C24H20N2O4/c27-22(17-10-11-20-21(12-17)24(29)26-23(20)28)25-13-18-8-4-5-9-19(18)15-30-14-16-6-2-1-3-7-16/h1-12H,13-15H2,(H,25,27)(H,26,28,29). The average molecular weight is 400 g/mol. The molecule has 0 aromatic heterocycles. The predicted octanol–water partition coefficient (Wildman–Crippen LogP) is 3.22. The van der Waals surface area contributed by atoms with Gasteiger partial charge in [-0.1, -0.05) is 54.6 Å². The lowest BCUT2D eigenvalue weighted by Gasteiger charge is -2.12. The van der Waals surface area contributed by atoms with Crippen molar-refractivity contribution in [3.8, 4) is 0 Å². The molecule has 1 heterocycles. The van der Waals surface area contributed by atoms with E-state index >= 15 is 0 Å². The van der Waals surface area contributed by atoms with Crippen molar-refractivity contribution in [1.82, 2.24) is 10.6 Å². The number of hydrogen-bond acceptors (Lipinski definition) is 4. The van der Waals surface area contributed by atoms with Crippen LogP contribution in [-0.2, 0) is 24.5 Å². The van der Waals surface area contributed by atoms with E-state index in [1.54, 1.807) is 6.07 Å². The van der Waals surface area contributed by atoms with Crippen LogP contribution in [0.15, 0.2) is 72.8 Å². The molecule has 1 aliphatic rings. The van der Waals surface area contributed by atoms with Gasteiger partial charge >= 0.3 is 0 Å². The van der Waals surface area contributed by atoms with Gasteiger partial charge in [-0.05, 0) is 34.9 Å². The Morgan fingerprint density at radius 2 is 1.50 bits per heavy atom. The van der Waals surface area contributed by atoms with Crippen LogP contribution in [0.2, 0.25) is 0 Å². The largest absolute Gasteiger partial charge is 0.372 e. The van der Waals surface area contributed by atoms with Crippen molar-refractivity contribution < 1.29 is 19.1 Å². The number of fused-ring (bicyclic) bond motifs is 1. The fraction of sp³-hybridized carbons (Fsp3) is 0.125. The molecular formula is C24H20N2O4. The molecule has 3 aromatic rings. The summed E-state index contributed by atoms with van der Waals surface area (Å²) < 4.78 is 5.82. The number of nitrogens with one attached hydrogen (secondary N) is 2. The Morgan fingerprint density at radius 3 is 2.30 bits per heavy atom. The van der Waals surface area contributed by atoms with Crippen molar-refractivity contribution in [3.63, 3.8) is 0 Å². The van der Waals surface area contributed by atoms with Crippen LogP contribution in [0.3, 0.4) is 0 Å². The molecule has 0 aliphatic carbocycles.